The molecule has 1 rings (SSSR count). The molecule has 1 saturated heterocycles. The summed E-state index contributed by atoms with van der Waals surface area (Å²) in [6.45, 7) is 0.173. The first-order chi connectivity index (χ1) is 14.3. The van der Waals surface area contributed by atoms with Crippen molar-refractivity contribution in [2.45, 2.75) is 86.5 Å². The minimum atomic E-state index is -2.47. The van der Waals surface area contributed by atoms with Crippen molar-refractivity contribution < 1.29 is 65.4 Å². The Morgan fingerprint density at radius 1 is 1.10 bits per heavy atom. The molecule has 1 aliphatic heterocycles. The average Bonchev–Trinajstić information content (AvgIpc) is 2.71. The number of nitrogens with one attached hydrogen (secondary N) is 1. The van der Waals surface area contributed by atoms with E-state index in [0.29, 0.717) is 0 Å². The molecule has 1 aliphatic rings. The van der Waals surface area contributed by atoms with Gasteiger partial charge in [-0.2, -0.15) is 0 Å². The molecule has 0 bridgehead atoms. The monoisotopic (exact) mass is 457 g/mol. The molecule has 0 aromatic heterocycles. The second-order valence-electron chi connectivity index (χ2n) is 7.64. The van der Waals surface area contributed by atoms with E-state index in [4.69, 9.17) is 9.84 Å². The molecule has 1 unspecified atom stereocenters. The molecule has 0 spiro atoms. The van der Waals surface area contributed by atoms with E-state index in [9.17, 15) is 55.5 Å². The van der Waals surface area contributed by atoms with Gasteiger partial charge in [0, 0.05) is 19.8 Å². The third kappa shape index (κ3) is 7.10. The van der Waals surface area contributed by atoms with Gasteiger partial charge in [-0.15, -0.1) is 0 Å². The molecule has 182 valence electrons. The smallest absolute Gasteiger partial charge is 0.217 e. The first-order valence-electron chi connectivity index (χ1n) is 9.46. The first-order valence-corrected chi connectivity index (χ1v) is 9.46. The first kappa shape index (κ1) is 27.7. The fraction of sp³-hybridized carbons (Fsp3) is 0.882. The van der Waals surface area contributed by atoms with Crippen LogP contribution in [-0.2, 0) is 14.3 Å². The number of hydrogen-bond donors (Lipinski definition) is 11. The summed E-state index contributed by atoms with van der Waals surface area (Å²) in [7, 11) is 0. The van der Waals surface area contributed by atoms with Gasteiger partial charge in [-0.1, -0.05) is 0 Å². The summed E-state index contributed by atoms with van der Waals surface area (Å²) in [6, 6.07) is -1.33. The highest BCUT2D eigenvalue weighted by molar-refractivity contribution is 5.73. The molecule has 11 N–H and O–H groups in total. The molecule has 0 aromatic rings. The van der Waals surface area contributed by atoms with Gasteiger partial charge in [0.25, 0.3) is 0 Å². The van der Waals surface area contributed by atoms with Crippen molar-refractivity contribution >= 4 is 12.2 Å². The third-order valence-electron chi connectivity index (χ3n) is 5.05. The van der Waals surface area contributed by atoms with Crippen LogP contribution in [0.4, 0.5) is 0 Å². The number of rotatable bonds is 11. The zero-order chi connectivity index (χ0) is 24.1. The van der Waals surface area contributed by atoms with Crippen LogP contribution >= 0.6 is 0 Å². The van der Waals surface area contributed by atoms with E-state index in [2.05, 4.69) is 5.32 Å². The van der Waals surface area contributed by atoms with Crippen molar-refractivity contribution in [1.82, 2.24) is 5.32 Å². The SMILES string of the molecule is CC(=O)N[C@H]1[C@H]([C@H](O)[C@H](O)CO)O[C@](O)(CC(O)[C@@H](O)[C@H](O)[C@H](O)[C@@H](O)C=O)C[C@@H]1O. The largest absolute Gasteiger partial charge is 0.394 e. The maximum atomic E-state index is 11.4. The molecule has 11 atom stereocenters. The number of aliphatic hydroxyl groups is 10. The second-order valence-corrected chi connectivity index (χ2v) is 7.64. The molecule has 31 heavy (non-hydrogen) atoms. The number of carbonyl (C=O) groups excluding carboxylic acids is 2. The van der Waals surface area contributed by atoms with Gasteiger partial charge in [-0.25, -0.2) is 0 Å². The van der Waals surface area contributed by atoms with Gasteiger partial charge in [-0.3, -0.25) is 4.79 Å². The fourth-order valence-corrected chi connectivity index (χ4v) is 3.36. The topological polar surface area (TPSA) is 258 Å². The summed E-state index contributed by atoms with van der Waals surface area (Å²) in [4.78, 5) is 21.9. The van der Waals surface area contributed by atoms with Gasteiger partial charge in [0.15, 0.2) is 12.1 Å². The molecular weight excluding hydrogens is 426 g/mol. The average molecular weight is 457 g/mol. The van der Waals surface area contributed by atoms with Crippen LogP contribution in [0.3, 0.4) is 0 Å². The van der Waals surface area contributed by atoms with Crippen molar-refractivity contribution in [2.24, 2.45) is 0 Å². The molecule has 14 nitrogen and oxygen atoms in total. The number of carbonyl (C=O) groups is 2. The highest BCUT2D eigenvalue weighted by Gasteiger charge is 2.51. The van der Waals surface area contributed by atoms with Crippen LogP contribution in [0.15, 0.2) is 0 Å². The van der Waals surface area contributed by atoms with E-state index in [1.54, 1.807) is 0 Å². The summed E-state index contributed by atoms with van der Waals surface area (Å²) in [5, 5.41) is 101. The van der Waals surface area contributed by atoms with Gasteiger partial charge >= 0.3 is 0 Å². The van der Waals surface area contributed by atoms with E-state index in [-0.39, 0.29) is 6.29 Å². The Balaban J connectivity index is 3.02. The summed E-state index contributed by atoms with van der Waals surface area (Å²) in [5.41, 5.74) is 0. The Morgan fingerprint density at radius 2 is 1.68 bits per heavy atom. The van der Waals surface area contributed by atoms with Crippen LogP contribution in [-0.4, -0.2) is 137 Å². The molecular formula is C17H31NO13. The lowest BCUT2D eigenvalue weighted by Crippen LogP contribution is -2.66. The van der Waals surface area contributed by atoms with E-state index >= 15 is 0 Å². The summed E-state index contributed by atoms with van der Waals surface area (Å²) in [5.74, 6) is -3.11. The zero-order valence-electron chi connectivity index (χ0n) is 16.7. The summed E-state index contributed by atoms with van der Waals surface area (Å²) < 4.78 is 5.31. The van der Waals surface area contributed by atoms with Crippen molar-refractivity contribution in [3.8, 4) is 0 Å². The number of aldehydes is 1. The molecule has 0 radical (unpaired) electrons. The fourth-order valence-electron chi connectivity index (χ4n) is 3.36. The predicted octanol–water partition coefficient (Wildman–Crippen LogP) is -6.56. The Bertz CT molecular complexity index is 594. The Hall–Kier alpha value is -1.30. The second kappa shape index (κ2) is 11.5. The third-order valence-corrected chi connectivity index (χ3v) is 5.05. The van der Waals surface area contributed by atoms with Crippen LogP contribution in [0, 0.1) is 0 Å². The van der Waals surface area contributed by atoms with Gasteiger partial charge in [0.2, 0.25) is 5.91 Å². The molecule has 14 heteroatoms. The maximum absolute atomic E-state index is 11.4. The number of aliphatic hydroxyl groups excluding tert-OH is 9. The van der Waals surface area contributed by atoms with Crippen LogP contribution < -0.4 is 5.32 Å². The summed E-state index contributed by atoms with van der Waals surface area (Å²) in [6.07, 6.45) is -19.3. The van der Waals surface area contributed by atoms with E-state index < -0.39 is 92.1 Å². The maximum Gasteiger partial charge on any atom is 0.217 e. The van der Waals surface area contributed by atoms with Crippen LogP contribution in [0.1, 0.15) is 19.8 Å². The Morgan fingerprint density at radius 3 is 2.16 bits per heavy atom. The Kier molecular flexibility index (Phi) is 10.3. The van der Waals surface area contributed by atoms with E-state index in [1.807, 2.05) is 0 Å². The minimum Gasteiger partial charge on any atom is -0.394 e. The van der Waals surface area contributed by atoms with Gasteiger partial charge in [0.1, 0.15) is 42.7 Å². The highest BCUT2D eigenvalue weighted by Crippen LogP contribution is 2.34. The lowest BCUT2D eigenvalue weighted by Gasteiger charge is -2.47. The van der Waals surface area contributed by atoms with Gasteiger partial charge in [-0.05, 0) is 0 Å². The minimum absolute atomic E-state index is 0.109. The molecule has 0 aliphatic carbocycles. The normalized spacial score (nSPS) is 33.5. The molecule has 0 saturated carbocycles. The number of hydrogen-bond acceptors (Lipinski definition) is 13. The lowest BCUT2D eigenvalue weighted by molar-refractivity contribution is -0.313. The van der Waals surface area contributed by atoms with Crippen LogP contribution in [0.2, 0.25) is 0 Å². The van der Waals surface area contributed by atoms with Crippen molar-refractivity contribution in [3.05, 3.63) is 0 Å². The van der Waals surface area contributed by atoms with Gasteiger partial charge < -0.3 is 65.9 Å². The van der Waals surface area contributed by atoms with Crippen LogP contribution in [0.25, 0.3) is 0 Å². The molecule has 1 heterocycles. The zero-order valence-corrected chi connectivity index (χ0v) is 16.7. The molecule has 1 fully saturated rings. The number of amides is 1. The van der Waals surface area contributed by atoms with Crippen molar-refractivity contribution in [3.63, 3.8) is 0 Å². The summed E-state index contributed by atoms with van der Waals surface area (Å²) >= 11 is 0. The van der Waals surface area contributed by atoms with Gasteiger partial charge in [0.05, 0.1) is 24.9 Å². The molecule has 1 amide bonds. The van der Waals surface area contributed by atoms with Crippen molar-refractivity contribution in [1.29, 1.82) is 0 Å². The van der Waals surface area contributed by atoms with E-state index in [0.717, 1.165) is 6.92 Å². The molecule has 0 aromatic carbocycles. The standard InChI is InChI=1S/C17H31NO13/c1-6(21)18-11-7(22)2-17(30,31-16(11)14(28)10(25)5-20)3-8(23)12(26)15(29)13(27)9(24)4-19/h4,7-16,20,22-30H,2-3,5H2,1H3,(H,18,21)/t7-,8?,9-,10+,11+,12+,13+,14+,15-,16+,17-/m0/s1. The Labute approximate surface area is 177 Å². The quantitative estimate of drug-likeness (QED) is 0.129. The predicted molar refractivity (Wildman–Crippen MR) is 97.9 cm³/mol. The van der Waals surface area contributed by atoms with Crippen molar-refractivity contribution in [2.75, 3.05) is 6.61 Å². The van der Waals surface area contributed by atoms with E-state index in [1.165, 1.54) is 0 Å². The van der Waals surface area contributed by atoms with Crippen LogP contribution in [0.5, 0.6) is 0 Å². The lowest BCUT2D eigenvalue weighted by atomic mass is 9.85. The number of ether oxygens (including phenoxy) is 1. The highest BCUT2D eigenvalue weighted by atomic mass is 16.6.